The van der Waals surface area contributed by atoms with Gasteiger partial charge in [0.05, 0.1) is 5.69 Å². The van der Waals surface area contributed by atoms with Crippen LogP contribution >= 0.6 is 0 Å². The number of para-hydroxylation sites is 1. The van der Waals surface area contributed by atoms with Crippen molar-refractivity contribution in [2.75, 3.05) is 0 Å². The first-order chi connectivity index (χ1) is 13.3. The van der Waals surface area contributed by atoms with Gasteiger partial charge in [-0.05, 0) is 30.2 Å². The van der Waals surface area contributed by atoms with Crippen molar-refractivity contribution < 1.29 is 0 Å². The van der Waals surface area contributed by atoms with Gasteiger partial charge in [-0.2, -0.15) is 0 Å². The van der Waals surface area contributed by atoms with Gasteiger partial charge in [-0.15, -0.1) is 0 Å². The molecule has 0 aliphatic rings. The normalized spacial score (nSPS) is 11.1. The van der Waals surface area contributed by atoms with Crippen molar-refractivity contribution >= 4 is 10.9 Å². The molecule has 2 nitrogen and oxygen atoms in total. The van der Waals surface area contributed by atoms with Crippen molar-refractivity contribution in [3.63, 3.8) is 0 Å². The standard InChI is InChI=1S/C25H20N2/c1-17-24(20-14-8-9-15-22(20)26-17)23-16-21(18-10-4-2-5-11-18)25(27-23)19-12-6-3-7-13-19/h2-16,26-27H,1H3. The molecule has 3 aromatic carbocycles. The zero-order chi connectivity index (χ0) is 18.2. The van der Waals surface area contributed by atoms with Crippen LogP contribution in [0.1, 0.15) is 5.69 Å². The summed E-state index contributed by atoms with van der Waals surface area (Å²) in [5.74, 6) is 0. The molecule has 2 N–H and O–H groups in total. The molecule has 0 aliphatic carbocycles. The summed E-state index contributed by atoms with van der Waals surface area (Å²) in [6.07, 6.45) is 0. The molecule has 0 radical (unpaired) electrons. The maximum absolute atomic E-state index is 3.71. The largest absolute Gasteiger partial charge is 0.358 e. The molecule has 0 saturated heterocycles. The minimum Gasteiger partial charge on any atom is -0.358 e. The van der Waals surface area contributed by atoms with E-state index in [9.17, 15) is 0 Å². The number of aromatic nitrogens is 2. The zero-order valence-electron chi connectivity index (χ0n) is 15.2. The highest BCUT2D eigenvalue weighted by molar-refractivity contribution is 5.98. The van der Waals surface area contributed by atoms with Crippen molar-refractivity contribution in [2.24, 2.45) is 0 Å². The summed E-state index contributed by atoms with van der Waals surface area (Å²) in [5.41, 5.74) is 9.52. The van der Waals surface area contributed by atoms with E-state index in [0.29, 0.717) is 0 Å². The van der Waals surface area contributed by atoms with Crippen LogP contribution in [-0.2, 0) is 0 Å². The number of aryl methyl sites for hydroxylation is 1. The van der Waals surface area contributed by atoms with Crippen molar-refractivity contribution in [2.45, 2.75) is 6.92 Å². The van der Waals surface area contributed by atoms with Crippen molar-refractivity contribution in [3.8, 4) is 33.6 Å². The summed E-state index contributed by atoms with van der Waals surface area (Å²) in [4.78, 5) is 7.23. The predicted octanol–water partition coefficient (Wildman–Crippen LogP) is 6.81. The predicted molar refractivity (Wildman–Crippen MR) is 114 cm³/mol. The first-order valence-corrected chi connectivity index (χ1v) is 9.23. The molecule has 130 valence electrons. The molecule has 0 saturated carbocycles. The van der Waals surface area contributed by atoms with Crippen LogP contribution in [-0.4, -0.2) is 9.97 Å². The van der Waals surface area contributed by atoms with E-state index in [1.54, 1.807) is 0 Å². The van der Waals surface area contributed by atoms with Crippen LogP contribution in [0.15, 0.2) is 91.0 Å². The van der Waals surface area contributed by atoms with Crippen molar-refractivity contribution in [1.29, 1.82) is 0 Å². The fourth-order valence-corrected chi connectivity index (χ4v) is 3.89. The van der Waals surface area contributed by atoms with E-state index in [2.05, 4.69) is 108 Å². The second-order valence-electron chi connectivity index (χ2n) is 6.87. The van der Waals surface area contributed by atoms with Gasteiger partial charge in [0.15, 0.2) is 0 Å². The lowest BCUT2D eigenvalue weighted by Gasteiger charge is -2.04. The molecule has 0 bridgehead atoms. The minimum atomic E-state index is 1.14. The van der Waals surface area contributed by atoms with Gasteiger partial charge < -0.3 is 9.97 Å². The smallest absolute Gasteiger partial charge is 0.0538 e. The van der Waals surface area contributed by atoms with Gasteiger partial charge in [-0.25, -0.2) is 0 Å². The monoisotopic (exact) mass is 348 g/mol. The Bertz CT molecular complexity index is 1150. The van der Waals surface area contributed by atoms with Crippen LogP contribution in [0.2, 0.25) is 0 Å². The maximum Gasteiger partial charge on any atom is 0.0538 e. The van der Waals surface area contributed by atoms with Gasteiger partial charge in [-0.3, -0.25) is 0 Å². The molecule has 27 heavy (non-hydrogen) atoms. The van der Waals surface area contributed by atoms with Crippen molar-refractivity contribution in [1.82, 2.24) is 9.97 Å². The fourth-order valence-electron chi connectivity index (χ4n) is 3.89. The highest BCUT2D eigenvalue weighted by atomic mass is 14.8. The van der Waals surface area contributed by atoms with Gasteiger partial charge in [0.2, 0.25) is 0 Å². The number of H-pyrrole nitrogens is 2. The Labute approximate surface area is 158 Å². The van der Waals surface area contributed by atoms with Crippen LogP contribution in [0, 0.1) is 6.92 Å². The molecule has 2 heteroatoms. The minimum absolute atomic E-state index is 1.14. The molecule has 0 fully saturated rings. The molecule has 5 aromatic rings. The molecule has 5 rings (SSSR count). The average molecular weight is 348 g/mol. The van der Waals surface area contributed by atoms with Gasteiger partial charge in [0, 0.05) is 33.4 Å². The van der Waals surface area contributed by atoms with Crippen LogP contribution in [0.25, 0.3) is 44.5 Å². The van der Waals surface area contributed by atoms with Gasteiger partial charge in [-0.1, -0.05) is 78.9 Å². The Morgan fingerprint density at radius 1 is 0.630 bits per heavy atom. The summed E-state index contributed by atoms with van der Waals surface area (Å²) in [6, 6.07) is 31.9. The Balaban J connectivity index is 1.78. The van der Waals surface area contributed by atoms with Gasteiger partial charge in [0.1, 0.15) is 0 Å². The summed E-state index contributed by atoms with van der Waals surface area (Å²) < 4.78 is 0. The van der Waals surface area contributed by atoms with E-state index in [0.717, 1.165) is 11.4 Å². The Morgan fingerprint density at radius 2 is 1.26 bits per heavy atom. The lowest BCUT2D eigenvalue weighted by atomic mass is 10.0. The van der Waals surface area contributed by atoms with E-state index in [4.69, 9.17) is 0 Å². The van der Waals surface area contributed by atoms with E-state index in [1.165, 1.54) is 38.9 Å². The van der Waals surface area contributed by atoms with Gasteiger partial charge in [0.25, 0.3) is 0 Å². The SMILES string of the molecule is Cc1[nH]c2ccccc2c1-c1cc(-c2ccccc2)c(-c2ccccc2)[nH]1. The number of rotatable bonds is 3. The Kier molecular flexibility index (Phi) is 3.68. The molecule has 2 heterocycles. The lowest BCUT2D eigenvalue weighted by molar-refractivity contribution is 1.28. The topological polar surface area (TPSA) is 31.6 Å². The van der Waals surface area contributed by atoms with E-state index < -0.39 is 0 Å². The maximum atomic E-state index is 3.71. The highest BCUT2D eigenvalue weighted by Crippen LogP contribution is 2.39. The summed E-state index contributed by atoms with van der Waals surface area (Å²) in [5, 5.41) is 1.25. The summed E-state index contributed by atoms with van der Waals surface area (Å²) in [7, 11) is 0. The number of hydrogen-bond acceptors (Lipinski definition) is 0. The molecular weight excluding hydrogens is 328 g/mol. The van der Waals surface area contributed by atoms with Crippen LogP contribution in [0.5, 0.6) is 0 Å². The first kappa shape index (κ1) is 15.7. The molecule has 0 amide bonds. The lowest BCUT2D eigenvalue weighted by Crippen LogP contribution is -1.83. The number of fused-ring (bicyclic) bond motifs is 1. The summed E-state index contributed by atoms with van der Waals surface area (Å²) in [6.45, 7) is 2.14. The zero-order valence-corrected chi connectivity index (χ0v) is 15.2. The van der Waals surface area contributed by atoms with Crippen LogP contribution < -0.4 is 0 Å². The number of nitrogens with one attached hydrogen (secondary N) is 2. The first-order valence-electron chi connectivity index (χ1n) is 9.23. The molecule has 2 aromatic heterocycles. The quantitative estimate of drug-likeness (QED) is 0.359. The molecule has 0 unspecified atom stereocenters. The Hall–Kier alpha value is -3.52. The molecule has 0 spiro atoms. The molecule has 0 aliphatic heterocycles. The third-order valence-corrected chi connectivity index (χ3v) is 5.13. The molecule has 0 atom stereocenters. The average Bonchev–Trinajstić information content (AvgIpc) is 3.29. The summed E-state index contributed by atoms with van der Waals surface area (Å²) >= 11 is 0. The second kappa shape index (κ2) is 6.33. The Morgan fingerprint density at radius 3 is 2.00 bits per heavy atom. The highest BCUT2D eigenvalue weighted by Gasteiger charge is 2.17. The number of hydrogen-bond donors (Lipinski definition) is 2. The van der Waals surface area contributed by atoms with Crippen molar-refractivity contribution in [3.05, 3.63) is 96.7 Å². The number of benzene rings is 3. The fraction of sp³-hybridized carbons (Fsp3) is 0.0400. The third-order valence-electron chi connectivity index (χ3n) is 5.13. The van der Waals surface area contributed by atoms with E-state index in [1.807, 2.05) is 0 Å². The van der Waals surface area contributed by atoms with E-state index >= 15 is 0 Å². The van der Waals surface area contributed by atoms with E-state index in [-0.39, 0.29) is 0 Å². The molecular formula is C25H20N2. The van der Waals surface area contributed by atoms with Crippen LogP contribution in [0.4, 0.5) is 0 Å². The van der Waals surface area contributed by atoms with Gasteiger partial charge >= 0.3 is 0 Å². The number of aromatic amines is 2. The second-order valence-corrected chi connectivity index (χ2v) is 6.87. The third kappa shape index (κ3) is 2.67. The van der Waals surface area contributed by atoms with Crippen LogP contribution in [0.3, 0.4) is 0 Å².